The maximum atomic E-state index is 13.7. The minimum atomic E-state index is -0.859. The van der Waals surface area contributed by atoms with Crippen LogP contribution in [0.4, 0.5) is 8.78 Å². The van der Waals surface area contributed by atoms with Gasteiger partial charge < -0.3 is 15.1 Å². The van der Waals surface area contributed by atoms with E-state index in [0.29, 0.717) is 38.8 Å². The van der Waals surface area contributed by atoms with Crippen molar-refractivity contribution in [1.82, 2.24) is 15.1 Å². The molecule has 1 aliphatic carbocycles. The van der Waals surface area contributed by atoms with E-state index in [9.17, 15) is 18.4 Å². The second-order valence-corrected chi connectivity index (χ2v) is 6.37. The number of amides is 2. The standard InChI is InChI=1S/C17H21F2N3O2.ClH/c18-13-3-4-14(15(19)9-13)17(24)22-7-5-21(6-8-22)16(23)11-20-10-12-1-2-12;/h3-4,9,12,20H,1-2,5-8,10-11H2;1H. The van der Waals surface area contributed by atoms with Crippen LogP contribution in [0.15, 0.2) is 18.2 Å². The molecule has 0 atom stereocenters. The number of rotatable bonds is 5. The van der Waals surface area contributed by atoms with Crippen LogP contribution >= 0.6 is 12.4 Å². The summed E-state index contributed by atoms with van der Waals surface area (Å²) < 4.78 is 26.6. The molecule has 138 valence electrons. The smallest absolute Gasteiger partial charge is 0.256 e. The van der Waals surface area contributed by atoms with E-state index in [2.05, 4.69) is 5.32 Å². The van der Waals surface area contributed by atoms with Gasteiger partial charge in [0.15, 0.2) is 0 Å². The summed E-state index contributed by atoms with van der Waals surface area (Å²) in [5, 5.41) is 3.16. The Morgan fingerprint density at radius 3 is 2.32 bits per heavy atom. The van der Waals surface area contributed by atoms with Gasteiger partial charge in [0.25, 0.3) is 5.91 Å². The Balaban J connectivity index is 0.00000225. The molecule has 1 aromatic carbocycles. The highest BCUT2D eigenvalue weighted by Gasteiger charge is 2.27. The van der Waals surface area contributed by atoms with Gasteiger partial charge in [0, 0.05) is 32.2 Å². The monoisotopic (exact) mass is 373 g/mol. The first-order chi connectivity index (χ1) is 11.5. The van der Waals surface area contributed by atoms with Crippen LogP contribution in [0.25, 0.3) is 0 Å². The van der Waals surface area contributed by atoms with Crippen molar-refractivity contribution >= 4 is 24.2 Å². The van der Waals surface area contributed by atoms with Gasteiger partial charge in [-0.2, -0.15) is 0 Å². The summed E-state index contributed by atoms with van der Waals surface area (Å²) in [6, 6.07) is 2.94. The molecule has 2 fully saturated rings. The van der Waals surface area contributed by atoms with E-state index in [1.807, 2.05) is 0 Å². The third-order valence-corrected chi connectivity index (χ3v) is 4.49. The Bertz CT molecular complexity index is 632. The molecule has 0 aromatic heterocycles. The van der Waals surface area contributed by atoms with Crippen molar-refractivity contribution in [3.8, 4) is 0 Å². The Morgan fingerprint density at radius 1 is 1.08 bits per heavy atom. The van der Waals surface area contributed by atoms with Gasteiger partial charge in [-0.1, -0.05) is 0 Å². The van der Waals surface area contributed by atoms with E-state index in [0.717, 1.165) is 24.6 Å². The summed E-state index contributed by atoms with van der Waals surface area (Å²) in [5.74, 6) is -1.29. The molecule has 3 rings (SSSR count). The minimum absolute atomic E-state index is 0. The average molecular weight is 374 g/mol. The summed E-state index contributed by atoms with van der Waals surface area (Å²) >= 11 is 0. The molecule has 5 nitrogen and oxygen atoms in total. The van der Waals surface area contributed by atoms with Crippen LogP contribution in [-0.4, -0.2) is 60.9 Å². The Morgan fingerprint density at radius 2 is 1.72 bits per heavy atom. The van der Waals surface area contributed by atoms with Crippen molar-refractivity contribution in [3.63, 3.8) is 0 Å². The molecule has 0 spiro atoms. The molecule has 2 amide bonds. The Labute approximate surface area is 151 Å². The number of nitrogens with zero attached hydrogens (tertiary/aromatic N) is 2. The molecule has 1 aliphatic heterocycles. The number of halogens is 3. The van der Waals surface area contributed by atoms with Crippen molar-refractivity contribution in [1.29, 1.82) is 0 Å². The molecular weight excluding hydrogens is 352 g/mol. The molecule has 0 bridgehead atoms. The molecular formula is C17H22ClF2N3O2. The first-order valence-corrected chi connectivity index (χ1v) is 8.27. The lowest BCUT2D eigenvalue weighted by molar-refractivity contribution is -0.131. The maximum Gasteiger partial charge on any atom is 0.256 e. The van der Waals surface area contributed by atoms with Crippen molar-refractivity contribution in [3.05, 3.63) is 35.4 Å². The van der Waals surface area contributed by atoms with E-state index in [-0.39, 0.29) is 23.9 Å². The summed E-state index contributed by atoms with van der Waals surface area (Å²) in [6.07, 6.45) is 2.48. The summed E-state index contributed by atoms with van der Waals surface area (Å²) in [5.41, 5.74) is -0.137. The maximum absolute atomic E-state index is 13.7. The van der Waals surface area contributed by atoms with Gasteiger partial charge in [0.2, 0.25) is 5.91 Å². The lowest BCUT2D eigenvalue weighted by atomic mass is 10.1. The van der Waals surface area contributed by atoms with Crippen molar-refractivity contribution in [2.75, 3.05) is 39.3 Å². The Hall–Kier alpha value is -1.73. The molecule has 0 unspecified atom stereocenters. The van der Waals surface area contributed by atoms with Crippen LogP contribution in [-0.2, 0) is 4.79 Å². The van der Waals surface area contributed by atoms with Crippen molar-refractivity contribution in [2.24, 2.45) is 5.92 Å². The van der Waals surface area contributed by atoms with E-state index >= 15 is 0 Å². The topological polar surface area (TPSA) is 52.7 Å². The van der Waals surface area contributed by atoms with Gasteiger partial charge in [-0.3, -0.25) is 9.59 Å². The van der Waals surface area contributed by atoms with Crippen LogP contribution in [0.2, 0.25) is 0 Å². The number of carbonyl (C=O) groups excluding carboxylic acids is 2. The second kappa shape index (κ2) is 8.58. The van der Waals surface area contributed by atoms with Crippen LogP contribution in [0, 0.1) is 17.6 Å². The van der Waals surface area contributed by atoms with Gasteiger partial charge in [-0.25, -0.2) is 8.78 Å². The first kappa shape index (κ1) is 19.6. The summed E-state index contributed by atoms with van der Waals surface area (Å²) in [6.45, 7) is 2.76. The molecule has 0 radical (unpaired) electrons. The average Bonchev–Trinajstić information content (AvgIpc) is 3.39. The predicted molar refractivity (Wildman–Crippen MR) is 91.7 cm³/mol. The molecule has 8 heteroatoms. The van der Waals surface area contributed by atoms with Gasteiger partial charge in [-0.15, -0.1) is 12.4 Å². The lowest BCUT2D eigenvalue weighted by Crippen LogP contribution is -2.52. The molecule has 1 N–H and O–H groups in total. The number of piperazine rings is 1. The third kappa shape index (κ3) is 5.12. The highest BCUT2D eigenvalue weighted by Crippen LogP contribution is 2.27. The Kier molecular flexibility index (Phi) is 6.72. The normalized spacial score (nSPS) is 17.2. The SMILES string of the molecule is Cl.O=C(CNCC1CC1)N1CCN(C(=O)c2ccc(F)cc2F)CC1. The molecule has 1 aromatic rings. The van der Waals surface area contributed by atoms with E-state index < -0.39 is 17.5 Å². The number of hydrogen-bond donors (Lipinski definition) is 1. The number of benzene rings is 1. The summed E-state index contributed by atoms with van der Waals surface area (Å²) in [7, 11) is 0. The summed E-state index contributed by atoms with van der Waals surface area (Å²) in [4.78, 5) is 27.6. The zero-order valence-electron chi connectivity index (χ0n) is 13.8. The van der Waals surface area contributed by atoms with Gasteiger partial charge >= 0.3 is 0 Å². The number of hydrogen-bond acceptors (Lipinski definition) is 3. The van der Waals surface area contributed by atoms with Crippen molar-refractivity contribution < 1.29 is 18.4 Å². The molecule has 1 heterocycles. The van der Waals surface area contributed by atoms with Crippen LogP contribution in [0.5, 0.6) is 0 Å². The highest BCUT2D eigenvalue weighted by molar-refractivity contribution is 5.94. The fourth-order valence-corrected chi connectivity index (χ4v) is 2.81. The van der Waals surface area contributed by atoms with E-state index in [4.69, 9.17) is 0 Å². The first-order valence-electron chi connectivity index (χ1n) is 8.27. The zero-order valence-corrected chi connectivity index (χ0v) is 14.7. The molecule has 1 saturated heterocycles. The lowest BCUT2D eigenvalue weighted by Gasteiger charge is -2.35. The third-order valence-electron chi connectivity index (χ3n) is 4.49. The zero-order chi connectivity index (χ0) is 17.1. The number of nitrogens with one attached hydrogen (secondary N) is 1. The van der Waals surface area contributed by atoms with E-state index in [1.54, 1.807) is 4.90 Å². The number of carbonyl (C=O) groups is 2. The van der Waals surface area contributed by atoms with Gasteiger partial charge in [0.1, 0.15) is 11.6 Å². The fourth-order valence-electron chi connectivity index (χ4n) is 2.81. The second-order valence-electron chi connectivity index (χ2n) is 6.37. The molecule has 1 saturated carbocycles. The van der Waals surface area contributed by atoms with E-state index in [1.165, 1.54) is 17.7 Å². The van der Waals surface area contributed by atoms with Gasteiger partial charge in [0.05, 0.1) is 12.1 Å². The van der Waals surface area contributed by atoms with Crippen LogP contribution < -0.4 is 5.32 Å². The van der Waals surface area contributed by atoms with Crippen molar-refractivity contribution in [2.45, 2.75) is 12.8 Å². The molecule has 2 aliphatic rings. The molecule has 25 heavy (non-hydrogen) atoms. The highest BCUT2D eigenvalue weighted by atomic mass is 35.5. The minimum Gasteiger partial charge on any atom is -0.338 e. The fraction of sp³-hybridized carbons (Fsp3) is 0.529. The largest absolute Gasteiger partial charge is 0.338 e. The van der Waals surface area contributed by atoms with Gasteiger partial charge in [-0.05, 0) is 37.4 Å². The quantitative estimate of drug-likeness (QED) is 0.854. The van der Waals surface area contributed by atoms with Crippen LogP contribution in [0.3, 0.4) is 0 Å². The van der Waals surface area contributed by atoms with Crippen LogP contribution in [0.1, 0.15) is 23.2 Å². The predicted octanol–water partition coefficient (Wildman–Crippen LogP) is 1.67.